The zero-order valence-corrected chi connectivity index (χ0v) is 15.5. The smallest absolute Gasteiger partial charge is 0.277 e. The summed E-state index contributed by atoms with van der Waals surface area (Å²) >= 11 is 0. The lowest BCUT2D eigenvalue weighted by atomic mass is 10.1. The third-order valence-electron chi connectivity index (χ3n) is 3.88. The number of aromatic amines is 1. The highest BCUT2D eigenvalue weighted by atomic mass is 32.2. The zero-order valence-electron chi connectivity index (χ0n) is 14.7. The Bertz CT molecular complexity index is 1090. The van der Waals surface area contributed by atoms with Gasteiger partial charge in [0.25, 0.3) is 5.91 Å². The molecule has 3 N–H and O–H groups in total. The molecule has 1 aromatic carbocycles. The number of benzene rings is 1. The van der Waals surface area contributed by atoms with E-state index in [1.54, 1.807) is 12.1 Å². The molecule has 0 atom stereocenters. The number of nitrogens with one attached hydrogen (secondary N) is 3. The molecule has 2 aromatic heterocycles. The molecule has 2 heterocycles. The first-order valence-corrected chi connectivity index (χ1v) is 9.81. The molecule has 27 heavy (non-hydrogen) atoms. The summed E-state index contributed by atoms with van der Waals surface area (Å²) in [7, 11) is -3.95. The Labute approximate surface area is 155 Å². The van der Waals surface area contributed by atoms with Crippen LogP contribution in [0.15, 0.2) is 31.0 Å². The molecule has 10 nitrogen and oxygen atoms in total. The van der Waals surface area contributed by atoms with E-state index in [4.69, 9.17) is 4.84 Å². The van der Waals surface area contributed by atoms with Gasteiger partial charge in [0.15, 0.2) is 0 Å². The van der Waals surface area contributed by atoms with Crippen molar-refractivity contribution < 1.29 is 18.0 Å². The molecule has 0 spiro atoms. The number of aromatic nitrogens is 4. The number of hydrogen-bond acceptors (Lipinski definition) is 6. The van der Waals surface area contributed by atoms with E-state index in [0.29, 0.717) is 22.7 Å². The largest absolute Gasteiger partial charge is 0.319 e. The highest BCUT2D eigenvalue weighted by molar-refractivity contribution is 7.88. The Morgan fingerprint density at radius 2 is 2.22 bits per heavy atom. The van der Waals surface area contributed by atoms with Crippen molar-refractivity contribution in [2.24, 2.45) is 0 Å². The number of hydroxylamine groups is 1. The highest BCUT2D eigenvalue weighted by Gasteiger charge is 2.24. The van der Waals surface area contributed by atoms with Gasteiger partial charge in [0.1, 0.15) is 5.69 Å². The number of unbranched alkanes of at least 4 members (excludes halogenated alkanes) is 1. The lowest BCUT2D eigenvalue weighted by Crippen LogP contribution is -2.32. The van der Waals surface area contributed by atoms with Crippen molar-refractivity contribution in [3.63, 3.8) is 0 Å². The predicted octanol–water partition coefficient (Wildman–Crippen LogP) is 1.24. The van der Waals surface area contributed by atoms with Crippen LogP contribution in [0.5, 0.6) is 0 Å². The molecule has 0 aliphatic carbocycles. The summed E-state index contributed by atoms with van der Waals surface area (Å²) in [5, 5.41) is 11.4. The molecule has 1 amide bonds. The van der Waals surface area contributed by atoms with Gasteiger partial charge < -0.3 is 0 Å². The summed E-state index contributed by atoms with van der Waals surface area (Å²) in [5.41, 5.74) is 3.10. The first-order valence-electron chi connectivity index (χ1n) is 8.37. The van der Waals surface area contributed by atoms with Crippen LogP contribution in [0, 0.1) is 0 Å². The van der Waals surface area contributed by atoms with E-state index >= 15 is 0 Å². The maximum absolute atomic E-state index is 12.8. The highest BCUT2D eigenvalue weighted by Crippen LogP contribution is 2.27. The number of fused-ring (bicyclic) bond motifs is 3. The fourth-order valence-electron chi connectivity index (χ4n) is 2.61. The molecular weight excluding hydrogens is 372 g/mol. The Kier molecular flexibility index (Phi) is 5.54. The van der Waals surface area contributed by atoms with E-state index < -0.39 is 16.1 Å². The second-order valence-corrected chi connectivity index (χ2v) is 7.38. The SMILES string of the molecule is C=CCONC(=O)c1[nH]n(S(=O)(=O)NCCCC)c2c1ccc1nncc12. The van der Waals surface area contributed by atoms with Gasteiger partial charge >= 0.3 is 10.2 Å². The van der Waals surface area contributed by atoms with Crippen LogP contribution in [-0.4, -0.2) is 46.9 Å². The summed E-state index contributed by atoms with van der Waals surface area (Å²) in [6, 6.07) is 3.28. The van der Waals surface area contributed by atoms with Crippen LogP contribution in [0.3, 0.4) is 0 Å². The fourth-order valence-corrected chi connectivity index (χ4v) is 3.79. The average Bonchev–Trinajstić information content (AvgIpc) is 3.26. The Balaban J connectivity index is 2.13. The van der Waals surface area contributed by atoms with E-state index in [2.05, 4.69) is 32.1 Å². The van der Waals surface area contributed by atoms with E-state index in [1.165, 1.54) is 12.3 Å². The van der Waals surface area contributed by atoms with Crippen molar-refractivity contribution >= 4 is 37.9 Å². The van der Waals surface area contributed by atoms with Crippen LogP contribution < -0.4 is 10.2 Å². The molecule has 11 heteroatoms. The molecular formula is C16H20N6O4S. The van der Waals surface area contributed by atoms with Gasteiger partial charge in [-0.05, 0) is 18.6 Å². The van der Waals surface area contributed by atoms with Crippen molar-refractivity contribution in [1.82, 2.24) is 29.6 Å². The van der Waals surface area contributed by atoms with Gasteiger partial charge in [-0.2, -0.15) is 27.4 Å². The predicted molar refractivity (Wildman–Crippen MR) is 100 cm³/mol. The molecule has 3 rings (SSSR count). The van der Waals surface area contributed by atoms with Gasteiger partial charge in [-0.25, -0.2) is 5.48 Å². The number of H-pyrrole nitrogens is 1. The van der Waals surface area contributed by atoms with Crippen molar-refractivity contribution in [3.05, 3.63) is 36.7 Å². The number of carbonyl (C=O) groups excluding carboxylic acids is 1. The van der Waals surface area contributed by atoms with Crippen molar-refractivity contribution in [2.45, 2.75) is 19.8 Å². The molecule has 3 aromatic rings. The topological polar surface area (TPSA) is 131 Å². The number of carbonyl (C=O) groups is 1. The summed E-state index contributed by atoms with van der Waals surface area (Å²) in [4.78, 5) is 17.4. The van der Waals surface area contributed by atoms with Crippen molar-refractivity contribution in [1.29, 1.82) is 0 Å². The van der Waals surface area contributed by atoms with Crippen molar-refractivity contribution in [3.8, 4) is 0 Å². The zero-order chi connectivity index (χ0) is 19.4. The molecule has 0 aliphatic rings. The van der Waals surface area contributed by atoms with Crippen LogP contribution in [0.4, 0.5) is 0 Å². The second kappa shape index (κ2) is 7.86. The Morgan fingerprint density at radius 3 is 2.96 bits per heavy atom. The molecule has 0 fully saturated rings. The summed E-state index contributed by atoms with van der Waals surface area (Å²) in [6.45, 7) is 5.85. The lowest BCUT2D eigenvalue weighted by molar-refractivity contribution is 0.0418. The summed E-state index contributed by atoms with van der Waals surface area (Å²) < 4.78 is 29.0. The van der Waals surface area contributed by atoms with E-state index in [9.17, 15) is 13.2 Å². The third kappa shape index (κ3) is 3.70. The molecule has 0 bridgehead atoms. The number of hydrogen-bond donors (Lipinski definition) is 3. The molecule has 0 saturated heterocycles. The van der Waals surface area contributed by atoms with Gasteiger partial charge in [-0.3, -0.25) is 14.7 Å². The second-order valence-electron chi connectivity index (χ2n) is 5.77. The van der Waals surface area contributed by atoms with Gasteiger partial charge in [0.2, 0.25) is 0 Å². The maximum Gasteiger partial charge on any atom is 0.319 e. The van der Waals surface area contributed by atoms with E-state index in [0.717, 1.165) is 10.5 Å². The average molecular weight is 392 g/mol. The molecule has 0 aliphatic heterocycles. The number of amides is 1. The molecule has 0 unspecified atom stereocenters. The standard InChI is InChI=1S/C16H20N6O4S/c1-3-5-8-18-27(24,25)22-15-11(6-7-13-12(15)10-17-19-13)14(20-22)16(23)21-26-9-4-2/h4,6-7,10,18,20H,2-3,5,8-9H2,1H3,(H,21,23). The minimum absolute atomic E-state index is 0.0398. The summed E-state index contributed by atoms with van der Waals surface area (Å²) in [5.74, 6) is -0.615. The van der Waals surface area contributed by atoms with Crippen LogP contribution in [0.2, 0.25) is 0 Å². The quantitative estimate of drug-likeness (QED) is 0.285. The third-order valence-corrected chi connectivity index (χ3v) is 5.20. The van der Waals surface area contributed by atoms with E-state index in [1.807, 2.05) is 6.92 Å². The fraction of sp³-hybridized carbons (Fsp3) is 0.312. The van der Waals surface area contributed by atoms with E-state index in [-0.39, 0.29) is 24.4 Å². The molecule has 144 valence electrons. The first kappa shape index (κ1) is 19.0. The first-order chi connectivity index (χ1) is 13.0. The van der Waals surface area contributed by atoms with Gasteiger partial charge in [-0.1, -0.05) is 19.4 Å². The van der Waals surface area contributed by atoms with Gasteiger partial charge in [0.05, 0.1) is 23.8 Å². The van der Waals surface area contributed by atoms with Crippen LogP contribution in [0.25, 0.3) is 21.8 Å². The summed E-state index contributed by atoms with van der Waals surface area (Å²) in [6.07, 6.45) is 4.46. The minimum Gasteiger partial charge on any atom is -0.277 e. The number of nitrogens with zero attached hydrogens (tertiary/aromatic N) is 3. The lowest BCUT2D eigenvalue weighted by Gasteiger charge is -2.08. The minimum atomic E-state index is -3.95. The van der Waals surface area contributed by atoms with Crippen LogP contribution >= 0.6 is 0 Å². The maximum atomic E-state index is 12.8. The number of rotatable bonds is 9. The van der Waals surface area contributed by atoms with Gasteiger partial charge in [-0.15, -0.1) is 6.58 Å². The van der Waals surface area contributed by atoms with Crippen molar-refractivity contribution in [2.75, 3.05) is 13.2 Å². The molecule has 0 radical (unpaired) electrons. The molecule has 0 saturated carbocycles. The Morgan fingerprint density at radius 1 is 1.41 bits per heavy atom. The normalized spacial score (nSPS) is 11.9. The van der Waals surface area contributed by atoms with Crippen LogP contribution in [0.1, 0.15) is 30.3 Å². The van der Waals surface area contributed by atoms with Gasteiger partial charge in [0, 0.05) is 17.3 Å². The Hall–Kier alpha value is -2.76. The van der Waals surface area contributed by atoms with Crippen LogP contribution in [-0.2, 0) is 15.0 Å². The monoisotopic (exact) mass is 392 g/mol.